The highest BCUT2D eigenvalue weighted by molar-refractivity contribution is 6.30. The van der Waals surface area contributed by atoms with Crippen molar-refractivity contribution in [2.45, 2.75) is 33.3 Å². The van der Waals surface area contributed by atoms with Crippen LogP contribution >= 0.6 is 11.6 Å². The van der Waals surface area contributed by atoms with E-state index >= 15 is 0 Å². The Balaban J connectivity index is 1.86. The van der Waals surface area contributed by atoms with Crippen molar-refractivity contribution in [2.24, 2.45) is 11.1 Å². The molecule has 4 N–H and O–H groups in total. The number of halogens is 1. The van der Waals surface area contributed by atoms with Gasteiger partial charge in [0, 0.05) is 35.9 Å². The topological polar surface area (TPSA) is 106 Å². The Hall–Kier alpha value is -3.06. The van der Waals surface area contributed by atoms with Crippen LogP contribution in [0.4, 0.5) is 10.6 Å². The predicted molar refractivity (Wildman–Crippen MR) is 119 cm³/mol. The first-order chi connectivity index (χ1) is 14.3. The van der Waals surface area contributed by atoms with Gasteiger partial charge in [0.2, 0.25) is 0 Å². The standard InChI is InChI=1S/C22H26ClN5O2/c1-22(2,3)17(30-21(24)29)10-13-26-20-18(14-8-11-25-12-9-14)19(27-28-20)15-4-6-16(23)7-5-15/h4-9,11-12,17H,10,13H2,1-3H3,(H2,24,29)(H2,26,27,28). The molecule has 8 heteroatoms. The van der Waals surface area contributed by atoms with Crippen LogP contribution in [0.3, 0.4) is 0 Å². The van der Waals surface area contributed by atoms with Crippen LogP contribution in [-0.4, -0.2) is 33.9 Å². The van der Waals surface area contributed by atoms with Crippen molar-refractivity contribution < 1.29 is 9.53 Å². The maximum Gasteiger partial charge on any atom is 0.404 e. The zero-order chi connectivity index (χ0) is 21.7. The second-order valence-corrected chi connectivity index (χ2v) is 8.51. The monoisotopic (exact) mass is 427 g/mol. The van der Waals surface area contributed by atoms with E-state index in [0.717, 1.165) is 22.4 Å². The molecule has 1 atom stereocenters. The number of carbonyl (C=O) groups is 1. The minimum atomic E-state index is -0.766. The molecule has 1 amide bonds. The number of hydrogen-bond acceptors (Lipinski definition) is 5. The van der Waals surface area contributed by atoms with Crippen molar-refractivity contribution in [2.75, 3.05) is 11.9 Å². The molecular weight excluding hydrogens is 402 g/mol. The molecule has 0 aliphatic carbocycles. The van der Waals surface area contributed by atoms with E-state index in [1.54, 1.807) is 12.4 Å². The van der Waals surface area contributed by atoms with Crippen molar-refractivity contribution in [1.29, 1.82) is 0 Å². The van der Waals surface area contributed by atoms with Gasteiger partial charge in [0.25, 0.3) is 0 Å². The third kappa shape index (κ3) is 5.30. The van der Waals surface area contributed by atoms with Crippen molar-refractivity contribution in [3.63, 3.8) is 0 Å². The van der Waals surface area contributed by atoms with Gasteiger partial charge in [0.1, 0.15) is 6.10 Å². The number of anilines is 1. The maximum absolute atomic E-state index is 11.3. The van der Waals surface area contributed by atoms with Gasteiger partial charge in [-0.05, 0) is 35.2 Å². The molecule has 0 aliphatic rings. The highest BCUT2D eigenvalue weighted by Crippen LogP contribution is 2.36. The van der Waals surface area contributed by atoms with Crippen LogP contribution in [-0.2, 0) is 4.74 Å². The molecule has 0 aliphatic heterocycles. The van der Waals surface area contributed by atoms with Gasteiger partial charge in [-0.1, -0.05) is 44.5 Å². The number of pyridine rings is 1. The number of aromatic nitrogens is 3. The molecule has 158 valence electrons. The van der Waals surface area contributed by atoms with Gasteiger partial charge in [-0.25, -0.2) is 4.79 Å². The van der Waals surface area contributed by atoms with Crippen molar-refractivity contribution >= 4 is 23.5 Å². The van der Waals surface area contributed by atoms with Crippen molar-refractivity contribution in [3.8, 4) is 22.4 Å². The van der Waals surface area contributed by atoms with Crippen LogP contribution in [0.5, 0.6) is 0 Å². The second-order valence-electron chi connectivity index (χ2n) is 8.07. The summed E-state index contributed by atoms with van der Waals surface area (Å²) in [6.45, 7) is 6.58. The zero-order valence-corrected chi connectivity index (χ0v) is 18.0. The number of primary amides is 1. The van der Waals surface area contributed by atoms with Gasteiger partial charge in [0.05, 0.1) is 11.3 Å². The Bertz CT molecular complexity index is 981. The summed E-state index contributed by atoms with van der Waals surface area (Å²) in [5, 5.41) is 11.7. The molecule has 0 spiro atoms. The van der Waals surface area contributed by atoms with E-state index < -0.39 is 6.09 Å². The minimum Gasteiger partial charge on any atom is -0.446 e. The van der Waals surface area contributed by atoms with Gasteiger partial charge < -0.3 is 15.8 Å². The fraction of sp³-hybridized carbons (Fsp3) is 0.318. The fourth-order valence-corrected chi connectivity index (χ4v) is 3.35. The number of benzene rings is 1. The number of amides is 1. The number of rotatable bonds is 7. The lowest BCUT2D eigenvalue weighted by Gasteiger charge is -2.29. The van der Waals surface area contributed by atoms with Crippen LogP contribution in [0.25, 0.3) is 22.4 Å². The van der Waals surface area contributed by atoms with E-state index in [1.807, 2.05) is 57.2 Å². The average Bonchev–Trinajstić information content (AvgIpc) is 3.11. The van der Waals surface area contributed by atoms with Gasteiger partial charge in [-0.3, -0.25) is 10.1 Å². The van der Waals surface area contributed by atoms with Gasteiger partial charge in [-0.15, -0.1) is 0 Å². The molecule has 0 saturated carbocycles. The fourth-order valence-electron chi connectivity index (χ4n) is 3.23. The highest BCUT2D eigenvalue weighted by atomic mass is 35.5. The van der Waals surface area contributed by atoms with Crippen molar-refractivity contribution in [3.05, 3.63) is 53.8 Å². The molecule has 0 radical (unpaired) electrons. The summed E-state index contributed by atoms with van der Waals surface area (Å²) in [5.41, 5.74) is 8.76. The maximum atomic E-state index is 11.3. The van der Waals surface area contributed by atoms with Gasteiger partial charge >= 0.3 is 6.09 Å². The lowest BCUT2D eigenvalue weighted by atomic mass is 9.87. The van der Waals surface area contributed by atoms with Crippen LogP contribution in [0.1, 0.15) is 27.2 Å². The summed E-state index contributed by atoms with van der Waals surface area (Å²) in [7, 11) is 0. The number of nitrogens with zero attached hydrogens (tertiary/aromatic N) is 2. The molecule has 0 bridgehead atoms. The first-order valence-corrected chi connectivity index (χ1v) is 10.1. The molecule has 1 unspecified atom stereocenters. The Kier molecular flexibility index (Phi) is 6.62. The molecular formula is C22H26ClN5O2. The first-order valence-electron chi connectivity index (χ1n) is 9.70. The SMILES string of the molecule is CC(C)(C)C(CCNc1n[nH]c(-c2ccc(Cl)cc2)c1-c1ccncc1)OC(N)=O. The molecule has 3 aromatic rings. The lowest BCUT2D eigenvalue weighted by molar-refractivity contribution is 0.0337. The number of aromatic amines is 1. The van der Waals surface area contributed by atoms with Gasteiger partial charge in [0.15, 0.2) is 5.82 Å². The van der Waals surface area contributed by atoms with E-state index in [-0.39, 0.29) is 11.5 Å². The summed E-state index contributed by atoms with van der Waals surface area (Å²) < 4.78 is 5.30. The van der Waals surface area contributed by atoms with E-state index in [9.17, 15) is 4.79 Å². The second kappa shape index (κ2) is 9.17. The van der Waals surface area contributed by atoms with Crippen LogP contribution < -0.4 is 11.1 Å². The molecule has 7 nitrogen and oxygen atoms in total. The van der Waals surface area contributed by atoms with Crippen LogP contribution in [0.15, 0.2) is 48.8 Å². The van der Waals surface area contributed by atoms with Crippen LogP contribution in [0.2, 0.25) is 5.02 Å². The summed E-state index contributed by atoms with van der Waals surface area (Å²) in [5.74, 6) is 0.706. The number of H-pyrrole nitrogens is 1. The number of nitrogens with one attached hydrogen (secondary N) is 2. The molecule has 3 rings (SSSR count). The predicted octanol–water partition coefficient (Wildman–Crippen LogP) is 5.10. The highest BCUT2D eigenvalue weighted by Gasteiger charge is 2.27. The summed E-state index contributed by atoms with van der Waals surface area (Å²) in [6.07, 6.45) is 2.99. The molecule has 2 aromatic heterocycles. The zero-order valence-electron chi connectivity index (χ0n) is 17.3. The van der Waals surface area contributed by atoms with E-state index in [1.165, 1.54) is 0 Å². The Morgan fingerprint density at radius 3 is 2.43 bits per heavy atom. The minimum absolute atomic E-state index is 0.231. The molecule has 1 aromatic carbocycles. The third-order valence-electron chi connectivity index (χ3n) is 4.79. The smallest absolute Gasteiger partial charge is 0.404 e. The lowest BCUT2D eigenvalue weighted by Crippen LogP contribution is -2.35. The number of carbonyl (C=O) groups excluding carboxylic acids is 1. The molecule has 2 heterocycles. The van der Waals surface area contributed by atoms with E-state index in [0.29, 0.717) is 23.8 Å². The average molecular weight is 428 g/mol. The largest absolute Gasteiger partial charge is 0.446 e. The Morgan fingerprint density at radius 1 is 1.17 bits per heavy atom. The van der Waals surface area contributed by atoms with Crippen LogP contribution in [0, 0.1) is 5.41 Å². The summed E-state index contributed by atoms with van der Waals surface area (Å²) in [6, 6.07) is 11.4. The summed E-state index contributed by atoms with van der Waals surface area (Å²) in [4.78, 5) is 15.4. The Labute approximate surface area is 181 Å². The number of ether oxygens (including phenoxy) is 1. The first kappa shape index (κ1) is 21.6. The number of hydrogen-bond donors (Lipinski definition) is 3. The summed E-state index contributed by atoms with van der Waals surface area (Å²) >= 11 is 6.04. The van der Waals surface area contributed by atoms with Crippen molar-refractivity contribution in [1.82, 2.24) is 15.2 Å². The van der Waals surface area contributed by atoms with E-state index in [4.69, 9.17) is 22.1 Å². The van der Waals surface area contributed by atoms with E-state index in [2.05, 4.69) is 20.5 Å². The molecule has 0 fully saturated rings. The Morgan fingerprint density at radius 2 is 1.83 bits per heavy atom. The van der Waals surface area contributed by atoms with Gasteiger partial charge in [-0.2, -0.15) is 5.10 Å². The third-order valence-corrected chi connectivity index (χ3v) is 5.04. The number of nitrogens with two attached hydrogens (primary N) is 1. The molecule has 0 saturated heterocycles. The normalized spacial score (nSPS) is 12.4. The molecule has 30 heavy (non-hydrogen) atoms. The quantitative estimate of drug-likeness (QED) is 0.486.